The van der Waals surface area contributed by atoms with E-state index in [1.165, 1.54) is 0 Å². The SMILES string of the molecule is Cc1nc(CC(=O)N2CCC[C@@]3(CCC(=O)N(CCCO)C3)C2)cs1. The van der Waals surface area contributed by atoms with Crippen LogP contribution in [0.2, 0.25) is 0 Å². The maximum atomic E-state index is 12.7. The Morgan fingerprint density at radius 3 is 2.96 bits per heavy atom. The molecule has 2 aliphatic heterocycles. The molecule has 1 N–H and O–H groups in total. The number of rotatable bonds is 5. The summed E-state index contributed by atoms with van der Waals surface area (Å²) in [5.74, 6) is 0.323. The highest BCUT2D eigenvalue weighted by Gasteiger charge is 2.42. The van der Waals surface area contributed by atoms with Crippen LogP contribution < -0.4 is 0 Å². The van der Waals surface area contributed by atoms with Crippen LogP contribution in [0.5, 0.6) is 0 Å². The highest BCUT2D eigenvalue weighted by atomic mass is 32.1. The Morgan fingerprint density at radius 2 is 2.24 bits per heavy atom. The number of amides is 2. The molecule has 0 unspecified atom stereocenters. The number of hydrogen-bond acceptors (Lipinski definition) is 5. The normalized spacial score (nSPS) is 24.2. The van der Waals surface area contributed by atoms with Crippen LogP contribution in [-0.4, -0.2) is 64.5 Å². The lowest BCUT2D eigenvalue weighted by Gasteiger charge is -2.48. The van der Waals surface area contributed by atoms with Gasteiger partial charge in [-0.05, 0) is 32.6 Å². The molecule has 0 radical (unpaired) electrons. The monoisotopic (exact) mass is 365 g/mol. The van der Waals surface area contributed by atoms with Gasteiger partial charge in [-0.25, -0.2) is 4.98 Å². The minimum atomic E-state index is 0.0231. The Morgan fingerprint density at radius 1 is 1.40 bits per heavy atom. The van der Waals surface area contributed by atoms with Gasteiger partial charge in [-0.2, -0.15) is 0 Å². The average Bonchev–Trinajstić information content (AvgIpc) is 3.01. The molecule has 0 bridgehead atoms. The van der Waals surface area contributed by atoms with Gasteiger partial charge in [-0.1, -0.05) is 0 Å². The molecule has 138 valence electrons. The van der Waals surface area contributed by atoms with Gasteiger partial charge in [0, 0.05) is 50.0 Å². The molecule has 1 spiro atoms. The highest BCUT2D eigenvalue weighted by molar-refractivity contribution is 7.09. The number of thiazole rings is 1. The first-order valence-electron chi connectivity index (χ1n) is 9.09. The molecule has 6 nitrogen and oxygen atoms in total. The van der Waals surface area contributed by atoms with E-state index in [2.05, 4.69) is 4.98 Å². The molecule has 2 amide bonds. The summed E-state index contributed by atoms with van der Waals surface area (Å²) in [5.41, 5.74) is 0.880. The summed E-state index contributed by atoms with van der Waals surface area (Å²) in [6.07, 6.45) is 4.46. The van der Waals surface area contributed by atoms with Crippen LogP contribution in [0, 0.1) is 12.3 Å². The van der Waals surface area contributed by atoms with Gasteiger partial charge in [0.25, 0.3) is 0 Å². The molecule has 2 fully saturated rings. The lowest BCUT2D eigenvalue weighted by Crippen LogP contribution is -2.55. The summed E-state index contributed by atoms with van der Waals surface area (Å²) in [4.78, 5) is 33.1. The Hall–Kier alpha value is -1.47. The number of hydrogen-bond donors (Lipinski definition) is 1. The molecule has 1 aromatic rings. The van der Waals surface area contributed by atoms with Gasteiger partial charge in [-0.3, -0.25) is 9.59 Å². The first kappa shape index (κ1) is 18.3. The fourth-order valence-electron chi connectivity index (χ4n) is 4.08. The van der Waals surface area contributed by atoms with E-state index in [1.54, 1.807) is 11.3 Å². The molecule has 2 saturated heterocycles. The van der Waals surface area contributed by atoms with Crippen LogP contribution in [0.4, 0.5) is 0 Å². The van der Waals surface area contributed by atoms with E-state index in [0.29, 0.717) is 32.4 Å². The van der Waals surface area contributed by atoms with Crippen LogP contribution in [0.15, 0.2) is 5.38 Å². The summed E-state index contributed by atoms with van der Waals surface area (Å²) in [6.45, 7) is 4.92. The zero-order chi connectivity index (χ0) is 17.9. The summed E-state index contributed by atoms with van der Waals surface area (Å²) in [6, 6.07) is 0. The van der Waals surface area contributed by atoms with E-state index in [1.807, 2.05) is 22.1 Å². The van der Waals surface area contributed by atoms with Gasteiger partial charge < -0.3 is 14.9 Å². The first-order valence-corrected chi connectivity index (χ1v) is 9.97. The highest BCUT2D eigenvalue weighted by Crippen LogP contribution is 2.39. The van der Waals surface area contributed by atoms with Crippen LogP contribution in [0.3, 0.4) is 0 Å². The van der Waals surface area contributed by atoms with E-state index in [9.17, 15) is 9.59 Å². The molecule has 0 aromatic carbocycles. The topological polar surface area (TPSA) is 73.7 Å². The number of aliphatic hydroxyl groups is 1. The standard InChI is InChI=1S/C18H27N3O3S/c1-14-19-15(11-25-14)10-17(24)21-7-2-5-18(13-21)6-4-16(23)20(12-18)8-3-9-22/h11,22H,2-10,12-13H2,1H3/t18-/m0/s1. The molecule has 2 aliphatic rings. The third-order valence-electron chi connectivity index (χ3n) is 5.35. The minimum absolute atomic E-state index is 0.0231. The van der Waals surface area contributed by atoms with Crippen molar-refractivity contribution >= 4 is 23.2 Å². The van der Waals surface area contributed by atoms with Crippen molar-refractivity contribution in [1.29, 1.82) is 0 Å². The Labute approximate surface area is 152 Å². The second kappa shape index (κ2) is 7.83. The summed E-state index contributed by atoms with van der Waals surface area (Å²) in [7, 11) is 0. The molecule has 1 aromatic heterocycles. The summed E-state index contributed by atoms with van der Waals surface area (Å²) in [5, 5.41) is 12.0. The lowest BCUT2D eigenvalue weighted by molar-refractivity contribution is -0.142. The third-order valence-corrected chi connectivity index (χ3v) is 6.17. The van der Waals surface area contributed by atoms with Crippen LogP contribution in [0.25, 0.3) is 0 Å². The Bertz CT molecular complexity index is 633. The molecule has 1 atom stereocenters. The van der Waals surface area contributed by atoms with Crippen molar-refractivity contribution in [3.63, 3.8) is 0 Å². The first-order chi connectivity index (χ1) is 12.0. The fourth-order valence-corrected chi connectivity index (χ4v) is 4.69. The zero-order valence-electron chi connectivity index (χ0n) is 14.9. The van der Waals surface area contributed by atoms with Crippen LogP contribution in [-0.2, 0) is 16.0 Å². The molecular formula is C18H27N3O3S. The number of carbonyl (C=O) groups is 2. The zero-order valence-corrected chi connectivity index (χ0v) is 15.7. The number of likely N-dealkylation sites (tertiary alicyclic amines) is 2. The molecule has 3 rings (SSSR count). The van der Waals surface area contributed by atoms with Crippen LogP contribution >= 0.6 is 11.3 Å². The predicted molar refractivity (Wildman–Crippen MR) is 96.3 cm³/mol. The van der Waals surface area contributed by atoms with E-state index in [4.69, 9.17) is 5.11 Å². The molecular weight excluding hydrogens is 338 g/mol. The van der Waals surface area contributed by atoms with E-state index >= 15 is 0 Å². The lowest BCUT2D eigenvalue weighted by atomic mass is 9.73. The Kier molecular flexibility index (Phi) is 5.74. The quantitative estimate of drug-likeness (QED) is 0.860. The third kappa shape index (κ3) is 4.39. The van der Waals surface area contributed by atoms with Gasteiger partial charge in [-0.15, -0.1) is 11.3 Å². The molecule has 25 heavy (non-hydrogen) atoms. The molecule has 0 aliphatic carbocycles. The molecule has 0 saturated carbocycles. The summed E-state index contributed by atoms with van der Waals surface area (Å²) >= 11 is 1.58. The Balaban J connectivity index is 1.63. The number of aromatic nitrogens is 1. The second-order valence-corrected chi connectivity index (χ2v) is 8.41. The van der Waals surface area contributed by atoms with Crippen molar-refractivity contribution in [3.05, 3.63) is 16.1 Å². The van der Waals surface area contributed by atoms with Crippen molar-refractivity contribution in [2.24, 2.45) is 5.41 Å². The number of carbonyl (C=O) groups excluding carboxylic acids is 2. The minimum Gasteiger partial charge on any atom is -0.396 e. The maximum Gasteiger partial charge on any atom is 0.228 e. The van der Waals surface area contributed by atoms with Crippen molar-refractivity contribution < 1.29 is 14.7 Å². The fraction of sp³-hybridized carbons (Fsp3) is 0.722. The van der Waals surface area contributed by atoms with E-state index in [-0.39, 0.29) is 23.8 Å². The second-order valence-electron chi connectivity index (χ2n) is 7.35. The number of aryl methyl sites for hydroxylation is 1. The van der Waals surface area contributed by atoms with E-state index in [0.717, 1.165) is 43.1 Å². The van der Waals surface area contributed by atoms with Gasteiger partial charge in [0.05, 0.1) is 17.1 Å². The molecule has 7 heteroatoms. The van der Waals surface area contributed by atoms with Crippen molar-refractivity contribution in [2.45, 2.75) is 45.4 Å². The van der Waals surface area contributed by atoms with Crippen molar-refractivity contribution in [3.8, 4) is 0 Å². The van der Waals surface area contributed by atoms with Gasteiger partial charge in [0.2, 0.25) is 11.8 Å². The van der Waals surface area contributed by atoms with Gasteiger partial charge in [0.15, 0.2) is 0 Å². The smallest absolute Gasteiger partial charge is 0.228 e. The largest absolute Gasteiger partial charge is 0.396 e. The van der Waals surface area contributed by atoms with Gasteiger partial charge >= 0.3 is 0 Å². The predicted octanol–water partition coefficient (Wildman–Crippen LogP) is 1.61. The molecule has 3 heterocycles. The van der Waals surface area contributed by atoms with Crippen LogP contribution in [0.1, 0.15) is 42.8 Å². The van der Waals surface area contributed by atoms with Gasteiger partial charge in [0.1, 0.15) is 0 Å². The number of aliphatic hydroxyl groups excluding tert-OH is 1. The maximum absolute atomic E-state index is 12.7. The van der Waals surface area contributed by atoms with Crippen molar-refractivity contribution in [1.82, 2.24) is 14.8 Å². The van der Waals surface area contributed by atoms with Crippen molar-refractivity contribution in [2.75, 3.05) is 32.8 Å². The summed E-state index contributed by atoms with van der Waals surface area (Å²) < 4.78 is 0. The van der Waals surface area contributed by atoms with E-state index < -0.39 is 0 Å². The number of nitrogens with zero attached hydrogens (tertiary/aromatic N) is 3. The average molecular weight is 365 g/mol. The number of piperidine rings is 2.